The fourth-order valence-corrected chi connectivity index (χ4v) is 3.97. The van der Waals surface area contributed by atoms with Crippen molar-refractivity contribution in [3.8, 4) is 0 Å². The maximum atomic E-state index is 10.8. The van der Waals surface area contributed by atoms with Gasteiger partial charge in [-0.2, -0.15) is 0 Å². The van der Waals surface area contributed by atoms with Gasteiger partial charge in [-0.3, -0.25) is 10.1 Å². The standard InChI is InChI=1S/C10H17NO2S/c1-10(7-4-2-3-5-7)11-8(6-14-10)9(12)13/h7-8,11H,2-6H2,1H3,(H,12,13)/t8-,10?/m0/s1. The number of carbonyl (C=O) groups is 1. The summed E-state index contributed by atoms with van der Waals surface area (Å²) < 4.78 is 0. The average molecular weight is 215 g/mol. The first kappa shape index (κ1) is 10.3. The molecule has 0 amide bonds. The molecule has 14 heavy (non-hydrogen) atoms. The molecule has 2 aliphatic rings. The fourth-order valence-electron chi connectivity index (χ4n) is 2.53. The molecule has 0 radical (unpaired) electrons. The van der Waals surface area contributed by atoms with E-state index in [0.29, 0.717) is 11.7 Å². The molecule has 80 valence electrons. The molecular weight excluding hydrogens is 198 g/mol. The lowest BCUT2D eigenvalue weighted by Crippen LogP contribution is -2.47. The Morgan fingerprint density at radius 2 is 2.14 bits per heavy atom. The first-order valence-electron chi connectivity index (χ1n) is 5.26. The normalized spacial score (nSPS) is 39.1. The van der Waals surface area contributed by atoms with Gasteiger partial charge >= 0.3 is 5.97 Å². The van der Waals surface area contributed by atoms with Crippen LogP contribution in [-0.4, -0.2) is 27.7 Å². The largest absolute Gasteiger partial charge is 0.480 e. The number of carboxylic acids is 1. The van der Waals surface area contributed by atoms with E-state index in [-0.39, 0.29) is 10.9 Å². The second-order valence-corrected chi connectivity index (χ2v) is 5.90. The molecule has 1 unspecified atom stereocenters. The first-order valence-corrected chi connectivity index (χ1v) is 6.25. The zero-order valence-corrected chi connectivity index (χ0v) is 9.27. The Morgan fingerprint density at radius 1 is 1.50 bits per heavy atom. The van der Waals surface area contributed by atoms with Gasteiger partial charge in [0.25, 0.3) is 0 Å². The molecule has 3 nitrogen and oxygen atoms in total. The molecule has 0 aromatic heterocycles. The maximum absolute atomic E-state index is 10.8. The highest BCUT2D eigenvalue weighted by atomic mass is 32.2. The van der Waals surface area contributed by atoms with Crippen LogP contribution in [0.25, 0.3) is 0 Å². The number of nitrogens with one attached hydrogen (secondary N) is 1. The Hall–Kier alpha value is -0.220. The van der Waals surface area contributed by atoms with Crippen molar-refractivity contribution in [3.05, 3.63) is 0 Å². The predicted molar refractivity (Wildman–Crippen MR) is 57.4 cm³/mol. The molecule has 1 heterocycles. The fraction of sp³-hybridized carbons (Fsp3) is 0.900. The number of thioether (sulfide) groups is 1. The highest BCUT2D eigenvalue weighted by Gasteiger charge is 2.44. The van der Waals surface area contributed by atoms with Gasteiger partial charge in [-0.05, 0) is 25.7 Å². The average Bonchev–Trinajstić information content (AvgIpc) is 2.71. The minimum absolute atomic E-state index is 0.0134. The van der Waals surface area contributed by atoms with Crippen LogP contribution in [0.2, 0.25) is 0 Å². The molecule has 0 bridgehead atoms. The van der Waals surface area contributed by atoms with Gasteiger partial charge in [-0.25, -0.2) is 0 Å². The van der Waals surface area contributed by atoms with Crippen LogP contribution in [-0.2, 0) is 4.79 Å². The van der Waals surface area contributed by atoms with E-state index in [4.69, 9.17) is 5.11 Å². The first-order chi connectivity index (χ1) is 6.62. The van der Waals surface area contributed by atoms with Crippen LogP contribution in [0.5, 0.6) is 0 Å². The molecular formula is C10H17NO2S. The summed E-state index contributed by atoms with van der Waals surface area (Å²) in [5, 5.41) is 12.2. The van der Waals surface area contributed by atoms with Gasteiger partial charge < -0.3 is 5.11 Å². The SMILES string of the molecule is CC1(C2CCCC2)N[C@H](C(=O)O)CS1. The number of hydrogen-bond donors (Lipinski definition) is 2. The summed E-state index contributed by atoms with van der Waals surface area (Å²) in [7, 11) is 0. The van der Waals surface area contributed by atoms with Crippen LogP contribution >= 0.6 is 11.8 Å². The summed E-state index contributed by atoms with van der Waals surface area (Å²) in [6.45, 7) is 2.16. The van der Waals surface area contributed by atoms with E-state index < -0.39 is 5.97 Å². The zero-order chi connectivity index (χ0) is 10.2. The summed E-state index contributed by atoms with van der Waals surface area (Å²) in [6.07, 6.45) is 5.12. The number of aliphatic carboxylic acids is 1. The van der Waals surface area contributed by atoms with E-state index in [1.54, 1.807) is 11.8 Å². The van der Waals surface area contributed by atoms with Gasteiger partial charge in [0, 0.05) is 5.75 Å². The van der Waals surface area contributed by atoms with Crippen molar-refractivity contribution in [1.29, 1.82) is 0 Å². The summed E-state index contributed by atoms with van der Waals surface area (Å²) in [6, 6.07) is -0.342. The van der Waals surface area contributed by atoms with Gasteiger partial charge in [0.1, 0.15) is 6.04 Å². The Balaban J connectivity index is 2.00. The summed E-state index contributed by atoms with van der Waals surface area (Å²) >= 11 is 1.79. The van der Waals surface area contributed by atoms with Crippen LogP contribution < -0.4 is 5.32 Å². The third-order valence-corrected chi connectivity index (χ3v) is 4.99. The van der Waals surface area contributed by atoms with Crippen LogP contribution in [0.3, 0.4) is 0 Å². The van der Waals surface area contributed by atoms with Crippen molar-refractivity contribution in [3.63, 3.8) is 0 Å². The summed E-state index contributed by atoms with van der Waals surface area (Å²) in [4.78, 5) is 10.8. The quantitative estimate of drug-likeness (QED) is 0.736. The lowest BCUT2D eigenvalue weighted by atomic mass is 9.98. The number of rotatable bonds is 2. The molecule has 0 aromatic carbocycles. The summed E-state index contributed by atoms with van der Waals surface area (Å²) in [5.74, 6) is 0.665. The van der Waals surface area contributed by atoms with E-state index >= 15 is 0 Å². The summed E-state index contributed by atoms with van der Waals surface area (Å²) in [5.41, 5.74) is 0. The van der Waals surface area contributed by atoms with E-state index in [0.717, 1.165) is 0 Å². The number of carboxylic acid groups (broad SMARTS) is 1. The Kier molecular flexibility index (Phi) is 2.75. The third-order valence-electron chi connectivity index (χ3n) is 3.44. The van der Waals surface area contributed by atoms with Gasteiger partial charge in [0.15, 0.2) is 0 Å². The Labute approximate surface area is 88.6 Å². The molecule has 1 aliphatic carbocycles. The Bertz CT molecular complexity index is 240. The van der Waals surface area contributed by atoms with Gasteiger partial charge in [0.2, 0.25) is 0 Å². The van der Waals surface area contributed by atoms with E-state index in [9.17, 15) is 4.79 Å². The third kappa shape index (κ3) is 1.77. The van der Waals surface area contributed by atoms with Crippen molar-refractivity contribution in [1.82, 2.24) is 5.32 Å². The molecule has 2 fully saturated rings. The monoisotopic (exact) mass is 215 g/mol. The topological polar surface area (TPSA) is 49.3 Å². The zero-order valence-electron chi connectivity index (χ0n) is 8.45. The molecule has 0 aromatic rings. The second kappa shape index (κ2) is 3.74. The molecule has 2 rings (SSSR count). The van der Waals surface area contributed by atoms with Gasteiger partial charge in [-0.1, -0.05) is 12.8 Å². The highest BCUT2D eigenvalue weighted by molar-refractivity contribution is 8.00. The van der Waals surface area contributed by atoms with Crippen LogP contribution in [0.4, 0.5) is 0 Å². The van der Waals surface area contributed by atoms with Crippen molar-refractivity contribution in [2.75, 3.05) is 5.75 Å². The van der Waals surface area contributed by atoms with Gasteiger partial charge in [0.05, 0.1) is 4.87 Å². The molecule has 4 heteroatoms. The van der Waals surface area contributed by atoms with Crippen molar-refractivity contribution in [2.24, 2.45) is 5.92 Å². The van der Waals surface area contributed by atoms with Crippen molar-refractivity contribution < 1.29 is 9.90 Å². The highest BCUT2D eigenvalue weighted by Crippen LogP contribution is 2.44. The lowest BCUT2D eigenvalue weighted by molar-refractivity contribution is -0.139. The van der Waals surface area contributed by atoms with E-state index in [1.807, 2.05) is 0 Å². The molecule has 2 N–H and O–H groups in total. The van der Waals surface area contributed by atoms with Crippen molar-refractivity contribution >= 4 is 17.7 Å². The number of hydrogen-bond acceptors (Lipinski definition) is 3. The minimum Gasteiger partial charge on any atom is -0.480 e. The Morgan fingerprint density at radius 3 is 2.64 bits per heavy atom. The predicted octanol–water partition coefficient (Wildman–Crippen LogP) is 1.68. The molecule has 2 atom stereocenters. The van der Waals surface area contributed by atoms with Gasteiger partial charge in [-0.15, -0.1) is 11.8 Å². The maximum Gasteiger partial charge on any atom is 0.321 e. The smallest absolute Gasteiger partial charge is 0.321 e. The molecule has 1 saturated heterocycles. The van der Waals surface area contributed by atoms with E-state index in [2.05, 4.69) is 12.2 Å². The van der Waals surface area contributed by atoms with E-state index in [1.165, 1.54) is 25.7 Å². The lowest BCUT2D eigenvalue weighted by Gasteiger charge is -2.31. The second-order valence-electron chi connectivity index (χ2n) is 4.43. The molecule has 0 spiro atoms. The van der Waals surface area contributed by atoms with Crippen molar-refractivity contribution in [2.45, 2.75) is 43.5 Å². The van der Waals surface area contributed by atoms with Crippen LogP contribution in [0, 0.1) is 5.92 Å². The van der Waals surface area contributed by atoms with Crippen LogP contribution in [0.15, 0.2) is 0 Å². The van der Waals surface area contributed by atoms with Crippen LogP contribution in [0.1, 0.15) is 32.6 Å². The minimum atomic E-state index is -0.709. The molecule has 1 saturated carbocycles. The molecule has 1 aliphatic heterocycles.